The summed E-state index contributed by atoms with van der Waals surface area (Å²) in [6.07, 6.45) is 7.31. The Morgan fingerprint density at radius 3 is 2.58 bits per heavy atom. The zero-order valence-corrected chi connectivity index (χ0v) is 19.6. The highest BCUT2D eigenvalue weighted by Gasteiger charge is 2.05. The summed E-state index contributed by atoms with van der Waals surface area (Å²) in [5.41, 5.74) is 4.33. The molecule has 0 unspecified atom stereocenters. The Bertz CT molecular complexity index is 1120. The van der Waals surface area contributed by atoms with Crippen LogP contribution in [0.1, 0.15) is 11.1 Å². The molecule has 0 bridgehead atoms. The number of hydrogen-bond acceptors (Lipinski definition) is 2. The lowest BCUT2D eigenvalue weighted by Crippen LogP contribution is -2.39. The van der Waals surface area contributed by atoms with E-state index in [0.717, 1.165) is 47.5 Å². The molecule has 0 saturated carbocycles. The molecule has 0 amide bonds. The molecule has 31 heavy (non-hydrogen) atoms. The highest BCUT2D eigenvalue weighted by Crippen LogP contribution is 2.19. The normalized spacial score (nSPS) is 11.4. The quantitative estimate of drug-likeness (QED) is 0.191. The number of nitrogens with zero attached hydrogens (tertiary/aromatic N) is 3. The first-order chi connectivity index (χ1) is 14.7. The van der Waals surface area contributed by atoms with Crippen molar-refractivity contribution in [2.24, 2.45) is 4.99 Å². The second-order valence-corrected chi connectivity index (χ2v) is 7.05. The molecule has 0 spiro atoms. The number of aromatic amines is 1. The van der Waals surface area contributed by atoms with E-state index in [9.17, 15) is 4.39 Å². The molecule has 0 saturated heterocycles. The highest BCUT2D eigenvalue weighted by molar-refractivity contribution is 14.0. The van der Waals surface area contributed by atoms with Crippen LogP contribution in [0.25, 0.3) is 16.6 Å². The van der Waals surface area contributed by atoms with Crippen LogP contribution in [0, 0.1) is 5.82 Å². The van der Waals surface area contributed by atoms with Crippen LogP contribution in [-0.4, -0.2) is 40.9 Å². The topological polar surface area (TPSA) is 70.0 Å². The molecule has 0 atom stereocenters. The summed E-state index contributed by atoms with van der Waals surface area (Å²) >= 11 is 0. The van der Waals surface area contributed by atoms with Crippen molar-refractivity contribution in [3.63, 3.8) is 0 Å². The number of aliphatic imine (C=N–C) groups is 1. The second kappa shape index (κ2) is 10.9. The van der Waals surface area contributed by atoms with E-state index in [1.807, 2.05) is 23.1 Å². The number of guanidine groups is 1. The summed E-state index contributed by atoms with van der Waals surface area (Å²) < 4.78 is 15.4. The van der Waals surface area contributed by atoms with Gasteiger partial charge in [0.05, 0.1) is 5.69 Å². The minimum absolute atomic E-state index is 0. The van der Waals surface area contributed by atoms with Gasteiger partial charge in [-0.3, -0.25) is 4.99 Å². The van der Waals surface area contributed by atoms with Crippen molar-refractivity contribution >= 4 is 40.8 Å². The van der Waals surface area contributed by atoms with Gasteiger partial charge in [0.15, 0.2) is 5.96 Å². The number of benzene rings is 2. The fourth-order valence-electron chi connectivity index (χ4n) is 3.46. The molecule has 0 radical (unpaired) electrons. The van der Waals surface area contributed by atoms with Crippen LogP contribution in [0.5, 0.6) is 0 Å². The molecule has 0 aliphatic carbocycles. The summed E-state index contributed by atoms with van der Waals surface area (Å²) in [7, 11) is 1.76. The molecule has 0 aliphatic rings. The Morgan fingerprint density at radius 2 is 1.87 bits per heavy atom. The number of rotatable bonds is 7. The van der Waals surface area contributed by atoms with Gasteiger partial charge in [-0.2, -0.15) is 5.10 Å². The molecule has 3 N–H and O–H groups in total. The van der Waals surface area contributed by atoms with E-state index in [4.69, 9.17) is 0 Å². The molecule has 0 fully saturated rings. The van der Waals surface area contributed by atoms with Gasteiger partial charge in [-0.15, -0.1) is 24.0 Å². The number of hydrogen-bond donors (Lipinski definition) is 3. The fraction of sp³-hybridized carbons (Fsp3) is 0.217. The third-order valence-electron chi connectivity index (χ3n) is 5.05. The fourth-order valence-corrected chi connectivity index (χ4v) is 3.46. The molecular weight excluding hydrogens is 506 g/mol. The number of nitrogens with one attached hydrogen (secondary N) is 3. The van der Waals surface area contributed by atoms with E-state index >= 15 is 0 Å². The Kier molecular flexibility index (Phi) is 8.05. The molecule has 8 heteroatoms. The van der Waals surface area contributed by atoms with Crippen molar-refractivity contribution in [2.75, 3.05) is 20.1 Å². The third-order valence-corrected chi connectivity index (χ3v) is 5.05. The van der Waals surface area contributed by atoms with Gasteiger partial charge in [0.2, 0.25) is 0 Å². The van der Waals surface area contributed by atoms with Crippen LogP contribution in [0.15, 0.2) is 72.1 Å². The Labute approximate surface area is 198 Å². The maximum Gasteiger partial charge on any atom is 0.190 e. The predicted octanol–water partition coefficient (Wildman–Crippen LogP) is 4.06. The zero-order valence-electron chi connectivity index (χ0n) is 17.3. The lowest BCUT2D eigenvalue weighted by molar-refractivity contribution is 0.629. The van der Waals surface area contributed by atoms with E-state index in [1.54, 1.807) is 25.4 Å². The molecular formula is C23H26FIN6. The summed E-state index contributed by atoms with van der Waals surface area (Å²) in [5.74, 6) is 0.542. The molecule has 4 aromatic rings. The Balaban J connectivity index is 0.00000272. The van der Waals surface area contributed by atoms with Gasteiger partial charge < -0.3 is 15.6 Å². The van der Waals surface area contributed by atoms with Gasteiger partial charge in [-0.05, 0) is 60.4 Å². The first kappa shape index (κ1) is 22.8. The Morgan fingerprint density at radius 1 is 1.10 bits per heavy atom. The van der Waals surface area contributed by atoms with Gasteiger partial charge in [0.25, 0.3) is 0 Å². The Hall–Kier alpha value is -2.88. The first-order valence-electron chi connectivity index (χ1n) is 10.0. The number of H-pyrrole nitrogens is 1. The first-order valence-corrected chi connectivity index (χ1v) is 10.0. The van der Waals surface area contributed by atoms with E-state index in [-0.39, 0.29) is 29.8 Å². The van der Waals surface area contributed by atoms with Gasteiger partial charge in [-0.1, -0.05) is 12.1 Å². The SMILES string of the molecule is CN=C(NCCc1ccc(-n2cccn2)cc1)NCCc1c[nH]c2ccc(F)cc12.I. The smallest absolute Gasteiger partial charge is 0.190 e. The summed E-state index contributed by atoms with van der Waals surface area (Å²) in [6, 6.07) is 15.1. The van der Waals surface area contributed by atoms with Gasteiger partial charge in [0, 0.05) is 49.6 Å². The van der Waals surface area contributed by atoms with E-state index in [0.29, 0.717) is 6.54 Å². The molecule has 6 nitrogen and oxygen atoms in total. The van der Waals surface area contributed by atoms with Crippen LogP contribution in [0.4, 0.5) is 4.39 Å². The lowest BCUT2D eigenvalue weighted by Gasteiger charge is -2.12. The summed E-state index contributed by atoms with van der Waals surface area (Å²) in [4.78, 5) is 7.46. The molecule has 4 rings (SSSR count). The summed E-state index contributed by atoms with van der Waals surface area (Å²) in [5, 5.41) is 11.8. The van der Waals surface area contributed by atoms with E-state index < -0.39 is 0 Å². The number of aromatic nitrogens is 3. The summed E-state index contributed by atoms with van der Waals surface area (Å²) in [6.45, 7) is 1.49. The van der Waals surface area contributed by atoms with Gasteiger partial charge in [0.1, 0.15) is 5.82 Å². The van der Waals surface area contributed by atoms with Crippen LogP contribution >= 0.6 is 24.0 Å². The molecule has 162 valence electrons. The van der Waals surface area contributed by atoms with Gasteiger partial charge >= 0.3 is 0 Å². The van der Waals surface area contributed by atoms with Crippen molar-refractivity contribution in [3.05, 3.63) is 84.1 Å². The van der Waals surface area contributed by atoms with Crippen molar-refractivity contribution in [2.45, 2.75) is 12.8 Å². The second-order valence-electron chi connectivity index (χ2n) is 7.05. The monoisotopic (exact) mass is 532 g/mol. The van der Waals surface area contributed by atoms with Gasteiger partial charge in [-0.25, -0.2) is 9.07 Å². The van der Waals surface area contributed by atoms with Crippen molar-refractivity contribution < 1.29 is 4.39 Å². The average Bonchev–Trinajstić information content (AvgIpc) is 3.43. The molecule has 0 aliphatic heterocycles. The maximum atomic E-state index is 13.5. The lowest BCUT2D eigenvalue weighted by atomic mass is 10.1. The predicted molar refractivity (Wildman–Crippen MR) is 134 cm³/mol. The van der Waals surface area contributed by atoms with Crippen LogP contribution in [0.2, 0.25) is 0 Å². The van der Waals surface area contributed by atoms with E-state index in [2.05, 4.69) is 50.0 Å². The number of halogens is 2. The highest BCUT2D eigenvalue weighted by atomic mass is 127. The minimum atomic E-state index is -0.216. The molecule has 2 heterocycles. The van der Waals surface area contributed by atoms with E-state index in [1.165, 1.54) is 11.6 Å². The van der Waals surface area contributed by atoms with Crippen molar-refractivity contribution in [1.29, 1.82) is 0 Å². The molecule has 2 aromatic heterocycles. The molecule has 2 aromatic carbocycles. The standard InChI is InChI=1S/C23H25FN6.HI/c1-25-23(27-13-10-18-16-28-22-8-5-19(24)15-21(18)22)26-12-9-17-3-6-20(7-4-17)30-14-2-11-29-30;/h2-8,11,14-16,28H,9-10,12-13H2,1H3,(H2,25,26,27);1H. The average molecular weight is 532 g/mol. The van der Waals surface area contributed by atoms with Crippen LogP contribution in [-0.2, 0) is 12.8 Å². The van der Waals surface area contributed by atoms with Crippen molar-refractivity contribution in [1.82, 2.24) is 25.4 Å². The third kappa shape index (κ3) is 5.84. The number of fused-ring (bicyclic) bond motifs is 1. The van der Waals surface area contributed by atoms with Crippen molar-refractivity contribution in [3.8, 4) is 5.69 Å². The van der Waals surface area contributed by atoms with Crippen LogP contribution in [0.3, 0.4) is 0 Å². The minimum Gasteiger partial charge on any atom is -0.361 e. The maximum absolute atomic E-state index is 13.5. The van der Waals surface area contributed by atoms with Crippen LogP contribution < -0.4 is 10.6 Å². The zero-order chi connectivity index (χ0) is 20.8. The largest absolute Gasteiger partial charge is 0.361 e.